The molecule has 0 fully saturated rings. The van der Waals surface area contributed by atoms with E-state index in [0.29, 0.717) is 11.1 Å². The number of aromatic nitrogens is 2. The van der Waals surface area contributed by atoms with Gasteiger partial charge < -0.3 is 9.84 Å². The Labute approximate surface area is 191 Å². The molecule has 168 valence electrons. The second kappa shape index (κ2) is 8.70. The van der Waals surface area contributed by atoms with Crippen molar-refractivity contribution in [1.82, 2.24) is 9.78 Å². The first kappa shape index (κ1) is 21.2. The minimum Gasteiger partial charge on any atom is -0.486 e. The van der Waals surface area contributed by atoms with Crippen LogP contribution in [0.3, 0.4) is 0 Å². The van der Waals surface area contributed by atoms with E-state index in [1.54, 1.807) is 6.20 Å². The first-order valence-corrected chi connectivity index (χ1v) is 11.3. The summed E-state index contributed by atoms with van der Waals surface area (Å²) in [6.45, 7) is 2.80. The fourth-order valence-corrected chi connectivity index (χ4v) is 4.65. The normalized spacial score (nSPS) is 13.4. The van der Waals surface area contributed by atoms with Crippen LogP contribution in [-0.4, -0.2) is 27.0 Å². The lowest BCUT2D eigenvalue weighted by Gasteiger charge is -2.19. The van der Waals surface area contributed by atoms with Crippen molar-refractivity contribution in [3.63, 3.8) is 0 Å². The Morgan fingerprint density at radius 2 is 1.91 bits per heavy atom. The molecule has 1 heterocycles. The van der Waals surface area contributed by atoms with Crippen molar-refractivity contribution in [2.24, 2.45) is 0 Å². The summed E-state index contributed by atoms with van der Waals surface area (Å²) in [7, 11) is 0. The van der Waals surface area contributed by atoms with E-state index in [0.717, 1.165) is 35.9 Å². The fraction of sp³-hybridized carbons (Fsp3) is 0.259. The zero-order chi connectivity index (χ0) is 22.9. The maximum absolute atomic E-state index is 15.4. The number of carboxylic acid groups (broad SMARTS) is 1. The molecule has 0 spiro atoms. The van der Waals surface area contributed by atoms with Crippen molar-refractivity contribution in [2.75, 3.05) is 0 Å². The third-order valence-corrected chi connectivity index (χ3v) is 6.28. The molecule has 0 radical (unpaired) electrons. The van der Waals surface area contributed by atoms with E-state index >= 15 is 4.39 Å². The van der Waals surface area contributed by atoms with Crippen LogP contribution >= 0.6 is 0 Å². The van der Waals surface area contributed by atoms with Gasteiger partial charge in [-0.2, -0.15) is 5.10 Å². The average Bonchev–Trinajstić information content (AvgIpc) is 3.41. The molecule has 5 rings (SSSR count). The van der Waals surface area contributed by atoms with Crippen LogP contribution in [-0.2, 0) is 30.6 Å². The molecule has 0 amide bonds. The quantitative estimate of drug-likeness (QED) is 0.413. The molecule has 1 aromatic heterocycles. The molecule has 6 heteroatoms. The van der Waals surface area contributed by atoms with E-state index in [9.17, 15) is 4.79 Å². The maximum Gasteiger partial charge on any atom is 0.303 e. The first-order chi connectivity index (χ1) is 16.0. The molecule has 4 aromatic rings. The molecule has 0 atom stereocenters. The lowest BCUT2D eigenvalue weighted by molar-refractivity contribution is -0.136. The van der Waals surface area contributed by atoms with Gasteiger partial charge in [0.2, 0.25) is 0 Å². The Kier molecular flexibility index (Phi) is 5.58. The Balaban J connectivity index is 1.54. The molecular weight excluding hydrogens is 419 g/mol. The summed E-state index contributed by atoms with van der Waals surface area (Å²) in [4.78, 5) is 11.1. The van der Waals surface area contributed by atoms with Crippen molar-refractivity contribution in [1.29, 1.82) is 0 Å². The largest absolute Gasteiger partial charge is 0.486 e. The second-order valence-electron chi connectivity index (χ2n) is 8.50. The maximum atomic E-state index is 15.4. The minimum atomic E-state index is -0.908. The monoisotopic (exact) mass is 444 g/mol. The molecule has 5 nitrogen and oxygen atoms in total. The molecule has 3 aromatic carbocycles. The van der Waals surface area contributed by atoms with E-state index in [1.807, 2.05) is 48.0 Å². The van der Waals surface area contributed by atoms with Crippen LogP contribution in [0.1, 0.15) is 30.0 Å². The summed E-state index contributed by atoms with van der Waals surface area (Å²) in [5.41, 5.74) is 5.57. The van der Waals surface area contributed by atoms with Crippen molar-refractivity contribution in [3.05, 3.63) is 83.3 Å². The van der Waals surface area contributed by atoms with Crippen LogP contribution in [0, 0.1) is 5.82 Å². The highest BCUT2D eigenvalue weighted by Gasteiger charge is 2.25. The van der Waals surface area contributed by atoms with Gasteiger partial charge in [0.15, 0.2) is 11.6 Å². The Bertz CT molecular complexity index is 1320. The fourth-order valence-electron chi connectivity index (χ4n) is 4.65. The van der Waals surface area contributed by atoms with Crippen molar-refractivity contribution in [2.45, 2.75) is 45.3 Å². The number of rotatable bonds is 7. The zero-order valence-electron chi connectivity index (χ0n) is 18.4. The summed E-state index contributed by atoms with van der Waals surface area (Å²) >= 11 is 0. The molecular formula is C27H25FN2O3. The standard InChI is InChI=1S/C27H25FN2O3/c1-2-30-25-9-8-20(13-21(25)16-29-30)23-11-17(7-10-26(31)32)12-24(28)27(23)33-22-14-18-5-3-4-6-19(18)15-22/h3-6,8-9,11-13,16,22H,2,7,10,14-15H2,1H3,(H,31,32). The number of benzene rings is 3. The summed E-state index contributed by atoms with van der Waals surface area (Å²) in [5.74, 6) is -1.16. The average molecular weight is 445 g/mol. The van der Waals surface area contributed by atoms with Crippen molar-refractivity contribution in [3.8, 4) is 16.9 Å². The van der Waals surface area contributed by atoms with Crippen LogP contribution in [0.15, 0.2) is 60.8 Å². The van der Waals surface area contributed by atoms with Gasteiger partial charge in [0, 0.05) is 36.8 Å². The third-order valence-electron chi connectivity index (χ3n) is 6.28. The van der Waals surface area contributed by atoms with Crippen LogP contribution < -0.4 is 4.74 Å². The van der Waals surface area contributed by atoms with Crippen LogP contribution in [0.4, 0.5) is 4.39 Å². The van der Waals surface area contributed by atoms with Crippen molar-refractivity contribution < 1.29 is 19.0 Å². The van der Waals surface area contributed by atoms with E-state index in [2.05, 4.69) is 17.2 Å². The number of aliphatic carboxylic acids is 1. The zero-order valence-corrected chi connectivity index (χ0v) is 18.4. The highest BCUT2D eigenvalue weighted by Crippen LogP contribution is 2.38. The number of carboxylic acids is 1. The van der Waals surface area contributed by atoms with Crippen molar-refractivity contribution >= 4 is 16.9 Å². The molecule has 0 aliphatic heterocycles. The van der Waals surface area contributed by atoms with Gasteiger partial charge >= 0.3 is 5.97 Å². The SMILES string of the molecule is CCn1ncc2cc(-c3cc(CCC(=O)O)cc(F)c3OC3Cc4ccccc4C3)ccc21. The predicted molar refractivity (Wildman–Crippen MR) is 125 cm³/mol. The van der Waals surface area contributed by atoms with Gasteiger partial charge in [0.1, 0.15) is 6.10 Å². The number of hydrogen-bond donors (Lipinski definition) is 1. The smallest absolute Gasteiger partial charge is 0.303 e. The lowest BCUT2D eigenvalue weighted by atomic mass is 9.98. The highest BCUT2D eigenvalue weighted by molar-refractivity contribution is 5.86. The summed E-state index contributed by atoms with van der Waals surface area (Å²) in [6, 6.07) is 17.4. The number of ether oxygens (including phenoxy) is 1. The molecule has 0 saturated heterocycles. The van der Waals surface area contributed by atoms with Gasteiger partial charge in [-0.25, -0.2) is 4.39 Å². The van der Waals surface area contributed by atoms with Crippen LogP contribution in [0.2, 0.25) is 0 Å². The Hall–Kier alpha value is -3.67. The number of hydrogen-bond acceptors (Lipinski definition) is 3. The van der Waals surface area contributed by atoms with E-state index in [4.69, 9.17) is 9.84 Å². The number of halogens is 1. The van der Waals surface area contributed by atoms with E-state index in [1.165, 1.54) is 17.2 Å². The van der Waals surface area contributed by atoms with Gasteiger partial charge in [0.05, 0.1) is 11.7 Å². The van der Waals surface area contributed by atoms with Crippen LogP contribution in [0.5, 0.6) is 5.75 Å². The first-order valence-electron chi connectivity index (χ1n) is 11.3. The molecule has 1 N–H and O–H groups in total. The Morgan fingerprint density at radius 1 is 1.15 bits per heavy atom. The molecule has 0 saturated carbocycles. The number of carbonyl (C=O) groups is 1. The van der Waals surface area contributed by atoms with E-state index in [-0.39, 0.29) is 24.7 Å². The summed E-state index contributed by atoms with van der Waals surface area (Å²) in [6.07, 6.45) is 3.33. The lowest BCUT2D eigenvalue weighted by Crippen LogP contribution is -2.18. The highest BCUT2D eigenvalue weighted by atomic mass is 19.1. The molecule has 0 unspecified atom stereocenters. The minimum absolute atomic E-state index is 0.0562. The van der Waals surface area contributed by atoms with Gasteiger partial charge in [-0.3, -0.25) is 9.48 Å². The molecule has 1 aliphatic carbocycles. The third kappa shape index (κ3) is 4.21. The second-order valence-corrected chi connectivity index (χ2v) is 8.50. The van der Waals surface area contributed by atoms with E-state index < -0.39 is 11.8 Å². The van der Waals surface area contributed by atoms with Gasteiger partial charge in [-0.05, 0) is 59.9 Å². The van der Waals surface area contributed by atoms with Gasteiger partial charge in [0.25, 0.3) is 0 Å². The molecule has 0 bridgehead atoms. The van der Waals surface area contributed by atoms with Gasteiger partial charge in [-0.15, -0.1) is 0 Å². The summed E-state index contributed by atoms with van der Waals surface area (Å²) in [5, 5.41) is 14.4. The number of aryl methyl sites for hydroxylation is 2. The van der Waals surface area contributed by atoms with Gasteiger partial charge in [-0.1, -0.05) is 30.3 Å². The molecule has 1 aliphatic rings. The number of nitrogens with zero attached hydrogens (tertiary/aromatic N) is 2. The number of fused-ring (bicyclic) bond motifs is 2. The van der Waals surface area contributed by atoms with Crippen LogP contribution in [0.25, 0.3) is 22.0 Å². The Morgan fingerprint density at radius 3 is 2.61 bits per heavy atom. The summed E-state index contributed by atoms with van der Waals surface area (Å²) < 4.78 is 23.6. The topological polar surface area (TPSA) is 64.4 Å². The predicted octanol–water partition coefficient (Wildman–Crippen LogP) is 5.43. The molecule has 33 heavy (non-hydrogen) atoms.